The van der Waals surface area contributed by atoms with Crippen LogP contribution in [-0.4, -0.2) is 5.78 Å². The standard InChI is InChI=1S/C13H11IOS/c14-12-6-2-1-5-11(12)13(15)8-7-10-4-3-9-16-10/h1-6,9H,7-8H2. The van der Waals surface area contributed by atoms with Crippen molar-refractivity contribution in [3.63, 3.8) is 0 Å². The monoisotopic (exact) mass is 342 g/mol. The fourth-order valence-corrected chi connectivity index (χ4v) is 2.91. The molecule has 2 rings (SSSR count). The largest absolute Gasteiger partial charge is 0.294 e. The molecule has 1 aromatic heterocycles. The van der Waals surface area contributed by atoms with Crippen LogP contribution in [0.5, 0.6) is 0 Å². The van der Waals surface area contributed by atoms with E-state index >= 15 is 0 Å². The van der Waals surface area contributed by atoms with Crippen molar-refractivity contribution >= 4 is 39.7 Å². The zero-order valence-electron chi connectivity index (χ0n) is 8.65. The minimum absolute atomic E-state index is 0.235. The van der Waals surface area contributed by atoms with Gasteiger partial charge in [-0.25, -0.2) is 0 Å². The molecule has 0 aliphatic carbocycles. The van der Waals surface area contributed by atoms with Gasteiger partial charge >= 0.3 is 0 Å². The molecule has 0 N–H and O–H groups in total. The summed E-state index contributed by atoms with van der Waals surface area (Å²) < 4.78 is 1.04. The SMILES string of the molecule is O=C(CCc1cccs1)c1ccccc1I. The lowest BCUT2D eigenvalue weighted by molar-refractivity contribution is 0.0982. The fraction of sp³-hybridized carbons (Fsp3) is 0.154. The van der Waals surface area contributed by atoms with Crippen LogP contribution in [-0.2, 0) is 6.42 Å². The zero-order chi connectivity index (χ0) is 11.4. The molecule has 82 valence electrons. The molecule has 0 aliphatic rings. The Labute approximate surface area is 113 Å². The van der Waals surface area contributed by atoms with Crippen LogP contribution in [0.25, 0.3) is 0 Å². The van der Waals surface area contributed by atoms with E-state index < -0.39 is 0 Å². The van der Waals surface area contributed by atoms with E-state index in [-0.39, 0.29) is 5.78 Å². The van der Waals surface area contributed by atoms with Crippen LogP contribution < -0.4 is 0 Å². The first kappa shape index (κ1) is 11.8. The molecular formula is C13H11IOS. The van der Waals surface area contributed by atoms with E-state index in [9.17, 15) is 4.79 Å². The first-order valence-electron chi connectivity index (χ1n) is 5.07. The van der Waals surface area contributed by atoms with E-state index in [0.29, 0.717) is 6.42 Å². The molecule has 1 aromatic carbocycles. The summed E-state index contributed by atoms with van der Waals surface area (Å²) in [5.74, 6) is 0.235. The molecule has 0 fully saturated rings. The second-order valence-electron chi connectivity index (χ2n) is 3.48. The van der Waals surface area contributed by atoms with Gasteiger partial charge in [0.1, 0.15) is 0 Å². The van der Waals surface area contributed by atoms with Gasteiger partial charge in [-0.1, -0.05) is 24.3 Å². The number of halogens is 1. The van der Waals surface area contributed by atoms with Crippen molar-refractivity contribution in [2.45, 2.75) is 12.8 Å². The Morgan fingerprint density at radius 2 is 2.00 bits per heavy atom. The summed E-state index contributed by atoms with van der Waals surface area (Å²) in [6.45, 7) is 0. The topological polar surface area (TPSA) is 17.1 Å². The zero-order valence-corrected chi connectivity index (χ0v) is 11.6. The first-order chi connectivity index (χ1) is 7.77. The van der Waals surface area contributed by atoms with Gasteiger partial charge in [-0.15, -0.1) is 11.3 Å². The highest BCUT2D eigenvalue weighted by atomic mass is 127. The van der Waals surface area contributed by atoms with Gasteiger partial charge in [0.25, 0.3) is 0 Å². The van der Waals surface area contributed by atoms with Crippen LogP contribution in [0.15, 0.2) is 41.8 Å². The maximum absolute atomic E-state index is 12.0. The van der Waals surface area contributed by atoms with Crippen molar-refractivity contribution in [2.24, 2.45) is 0 Å². The number of thiophene rings is 1. The molecule has 0 amide bonds. The Morgan fingerprint density at radius 1 is 1.19 bits per heavy atom. The molecule has 1 nitrogen and oxygen atoms in total. The van der Waals surface area contributed by atoms with Crippen molar-refractivity contribution < 1.29 is 4.79 Å². The fourth-order valence-electron chi connectivity index (χ4n) is 1.51. The third kappa shape index (κ3) is 2.92. The quantitative estimate of drug-likeness (QED) is 0.602. The average Bonchev–Trinajstić information content (AvgIpc) is 2.79. The van der Waals surface area contributed by atoms with Crippen LogP contribution in [0.2, 0.25) is 0 Å². The lowest BCUT2D eigenvalue weighted by Gasteiger charge is -2.02. The first-order valence-corrected chi connectivity index (χ1v) is 7.03. The molecule has 0 aliphatic heterocycles. The van der Waals surface area contributed by atoms with Gasteiger partial charge in [0.15, 0.2) is 5.78 Å². The van der Waals surface area contributed by atoms with Gasteiger partial charge in [-0.3, -0.25) is 4.79 Å². The molecule has 0 saturated carbocycles. The van der Waals surface area contributed by atoms with Crippen molar-refractivity contribution in [1.82, 2.24) is 0 Å². The number of aryl methyl sites for hydroxylation is 1. The highest BCUT2D eigenvalue weighted by Gasteiger charge is 2.09. The summed E-state index contributed by atoms with van der Waals surface area (Å²) in [5.41, 5.74) is 0.847. The Balaban J connectivity index is 2.01. The van der Waals surface area contributed by atoms with Gasteiger partial charge in [0, 0.05) is 20.4 Å². The van der Waals surface area contributed by atoms with E-state index in [1.54, 1.807) is 11.3 Å². The van der Waals surface area contributed by atoms with Gasteiger partial charge in [0.2, 0.25) is 0 Å². The third-order valence-electron chi connectivity index (χ3n) is 2.35. The predicted octanol–water partition coefficient (Wildman–Crippen LogP) is 4.17. The highest BCUT2D eigenvalue weighted by Crippen LogP contribution is 2.16. The summed E-state index contributed by atoms with van der Waals surface area (Å²) in [5, 5.41) is 2.05. The van der Waals surface area contributed by atoms with E-state index in [1.807, 2.05) is 35.7 Å². The van der Waals surface area contributed by atoms with Gasteiger partial charge < -0.3 is 0 Å². The molecule has 16 heavy (non-hydrogen) atoms. The van der Waals surface area contributed by atoms with Crippen LogP contribution in [0, 0.1) is 3.57 Å². The van der Waals surface area contributed by atoms with Crippen molar-refractivity contribution in [2.75, 3.05) is 0 Å². The second-order valence-corrected chi connectivity index (χ2v) is 5.68. The maximum atomic E-state index is 12.0. The Bertz CT molecular complexity index is 476. The Morgan fingerprint density at radius 3 is 2.69 bits per heavy atom. The number of rotatable bonds is 4. The molecule has 0 atom stereocenters. The van der Waals surface area contributed by atoms with E-state index in [4.69, 9.17) is 0 Å². The van der Waals surface area contributed by atoms with Crippen molar-refractivity contribution in [1.29, 1.82) is 0 Å². The average molecular weight is 342 g/mol. The van der Waals surface area contributed by atoms with Gasteiger partial charge in [0.05, 0.1) is 0 Å². The molecule has 0 bridgehead atoms. The minimum Gasteiger partial charge on any atom is -0.294 e. The molecule has 0 unspecified atom stereocenters. The van der Waals surface area contributed by atoms with Gasteiger partial charge in [-0.05, 0) is 46.5 Å². The Hall–Kier alpha value is -0.680. The van der Waals surface area contributed by atoms with E-state index in [0.717, 1.165) is 15.6 Å². The predicted molar refractivity (Wildman–Crippen MR) is 76.1 cm³/mol. The van der Waals surface area contributed by atoms with Crippen molar-refractivity contribution in [3.8, 4) is 0 Å². The third-order valence-corrected chi connectivity index (χ3v) is 4.23. The molecule has 0 spiro atoms. The second kappa shape index (κ2) is 5.59. The van der Waals surface area contributed by atoms with Crippen LogP contribution in [0.3, 0.4) is 0 Å². The van der Waals surface area contributed by atoms with Crippen LogP contribution >= 0.6 is 33.9 Å². The maximum Gasteiger partial charge on any atom is 0.164 e. The molecular weight excluding hydrogens is 331 g/mol. The lowest BCUT2D eigenvalue weighted by atomic mass is 10.1. The smallest absolute Gasteiger partial charge is 0.164 e. The number of carbonyl (C=O) groups is 1. The number of carbonyl (C=O) groups excluding carboxylic acids is 1. The number of ketones is 1. The molecule has 0 saturated heterocycles. The number of hydrogen-bond donors (Lipinski definition) is 0. The molecule has 1 heterocycles. The van der Waals surface area contributed by atoms with Crippen LogP contribution in [0.1, 0.15) is 21.7 Å². The summed E-state index contributed by atoms with van der Waals surface area (Å²) in [6.07, 6.45) is 1.45. The lowest BCUT2D eigenvalue weighted by Crippen LogP contribution is -2.02. The van der Waals surface area contributed by atoms with Crippen LogP contribution in [0.4, 0.5) is 0 Å². The molecule has 0 radical (unpaired) electrons. The minimum atomic E-state index is 0.235. The Kier molecular flexibility index (Phi) is 4.12. The molecule has 3 heteroatoms. The molecule has 2 aromatic rings. The number of hydrogen-bond acceptors (Lipinski definition) is 2. The van der Waals surface area contributed by atoms with Gasteiger partial charge in [-0.2, -0.15) is 0 Å². The summed E-state index contributed by atoms with van der Waals surface area (Å²) in [6, 6.07) is 11.8. The van der Waals surface area contributed by atoms with Crippen molar-refractivity contribution in [3.05, 3.63) is 55.8 Å². The normalized spacial score (nSPS) is 10.3. The number of benzene rings is 1. The summed E-state index contributed by atoms with van der Waals surface area (Å²) in [7, 11) is 0. The number of Topliss-reactive ketones (excluding diaryl/α,β-unsaturated/α-hetero) is 1. The van der Waals surface area contributed by atoms with E-state index in [1.165, 1.54) is 4.88 Å². The highest BCUT2D eigenvalue weighted by molar-refractivity contribution is 14.1. The summed E-state index contributed by atoms with van der Waals surface area (Å²) >= 11 is 3.92. The van der Waals surface area contributed by atoms with E-state index in [2.05, 4.69) is 28.7 Å². The summed E-state index contributed by atoms with van der Waals surface area (Å²) in [4.78, 5) is 13.2.